The van der Waals surface area contributed by atoms with E-state index in [2.05, 4.69) is 20.4 Å². The highest BCUT2D eigenvalue weighted by atomic mass is 32.1. The number of carbonyl (C=O) groups excluding carboxylic acids is 1. The van der Waals surface area contributed by atoms with E-state index in [-0.39, 0.29) is 23.8 Å². The van der Waals surface area contributed by atoms with E-state index < -0.39 is 5.97 Å². The molecule has 0 amide bonds. The zero-order valence-corrected chi connectivity index (χ0v) is 17.7. The summed E-state index contributed by atoms with van der Waals surface area (Å²) >= 11 is 1.30. The molecule has 2 aromatic heterocycles. The van der Waals surface area contributed by atoms with E-state index >= 15 is 0 Å². The highest BCUT2D eigenvalue weighted by Gasteiger charge is 2.27. The Bertz CT molecular complexity index is 1230. The van der Waals surface area contributed by atoms with Gasteiger partial charge in [0.15, 0.2) is 10.7 Å². The molecular weight excluding hydrogens is 416 g/mol. The molecule has 31 heavy (non-hydrogen) atoms. The van der Waals surface area contributed by atoms with Crippen LogP contribution < -0.4 is 0 Å². The number of esters is 1. The number of ether oxygens (including phenoxy) is 1. The summed E-state index contributed by atoms with van der Waals surface area (Å²) in [6, 6.07) is 12.5. The third-order valence-corrected chi connectivity index (χ3v) is 5.73. The maximum absolute atomic E-state index is 12.6. The van der Waals surface area contributed by atoms with Crippen LogP contribution in [0.2, 0.25) is 0 Å². The number of hydrogen-bond acceptors (Lipinski definition) is 8. The van der Waals surface area contributed by atoms with E-state index in [9.17, 15) is 15.0 Å². The predicted molar refractivity (Wildman–Crippen MR) is 117 cm³/mol. The van der Waals surface area contributed by atoms with Crippen molar-refractivity contribution in [3.05, 3.63) is 53.7 Å². The van der Waals surface area contributed by atoms with Gasteiger partial charge in [0.25, 0.3) is 0 Å². The molecule has 2 heterocycles. The van der Waals surface area contributed by atoms with Gasteiger partial charge in [-0.3, -0.25) is 5.10 Å². The largest absolute Gasteiger partial charge is 0.508 e. The Labute approximate surface area is 182 Å². The molecule has 8 nitrogen and oxygen atoms in total. The number of phenols is 2. The monoisotopic (exact) mass is 436 g/mol. The van der Waals surface area contributed by atoms with Crippen LogP contribution in [0, 0.1) is 0 Å². The molecule has 158 valence electrons. The van der Waals surface area contributed by atoms with Crippen LogP contribution in [0.15, 0.2) is 42.5 Å². The molecule has 0 atom stereocenters. The van der Waals surface area contributed by atoms with Crippen LogP contribution in [-0.4, -0.2) is 43.2 Å². The number of carbonyl (C=O) groups is 1. The molecule has 0 aliphatic heterocycles. The van der Waals surface area contributed by atoms with E-state index in [1.807, 2.05) is 37.3 Å². The molecule has 3 N–H and O–H groups in total. The first-order valence-corrected chi connectivity index (χ1v) is 10.5. The van der Waals surface area contributed by atoms with Crippen LogP contribution in [0.3, 0.4) is 0 Å². The number of aromatic amines is 1. The van der Waals surface area contributed by atoms with Crippen LogP contribution in [0.25, 0.3) is 32.4 Å². The highest BCUT2D eigenvalue weighted by molar-refractivity contribution is 7.18. The van der Waals surface area contributed by atoms with E-state index in [0.717, 1.165) is 5.56 Å². The fraction of sp³-hybridized carbons (Fsp3) is 0.182. The van der Waals surface area contributed by atoms with Crippen molar-refractivity contribution in [2.24, 2.45) is 0 Å². The molecule has 0 radical (unpaired) electrons. The number of hydrogen-bond donors (Lipinski definition) is 3. The van der Waals surface area contributed by atoms with Crippen molar-refractivity contribution in [2.45, 2.75) is 20.3 Å². The average molecular weight is 436 g/mol. The molecule has 9 heteroatoms. The first kappa shape index (κ1) is 20.5. The van der Waals surface area contributed by atoms with Gasteiger partial charge in [-0.1, -0.05) is 48.6 Å². The quantitative estimate of drug-likeness (QED) is 0.383. The van der Waals surface area contributed by atoms with Gasteiger partial charge >= 0.3 is 5.97 Å². The van der Waals surface area contributed by atoms with Gasteiger partial charge in [-0.05, 0) is 25.0 Å². The third kappa shape index (κ3) is 3.87. The van der Waals surface area contributed by atoms with E-state index in [1.54, 1.807) is 13.0 Å². The summed E-state index contributed by atoms with van der Waals surface area (Å²) in [5, 5.41) is 37.3. The Morgan fingerprint density at radius 1 is 1.06 bits per heavy atom. The number of aromatic nitrogens is 4. The number of rotatable bonds is 6. The normalized spacial score (nSPS) is 10.9. The van der Waals surface area contributed by atoms with Gasteiger partial charge in [-0.15, -0.1) is 10.2 Å². The lowest BCUT2D eigenvalue weighted by molar-refractivity contribution is 0.0520. The summed E-state index contributed by atoms with van der Waals surface area (Å²) in [4.78, 5) is 12.6. The molecule has 0 aliphatic rings. The second-order valence-electron chi connectivity index (χ2n) is 6.67. The van der Waals surface area contributed by atoms with Crippen LogP contribution in [0.1, 0.15) is 29.9 Å². The van der Waals surface area contributed by atoms with Crippen molar-refractivity contribution < 1.29 is 19.7 Å². The van der Waals surface area contributed by atoms with Gasteiger partial charge in [0.05, 0.1) is 12.2 Å². The van der Waals surface area contributed by atoms with Crippen molar-refractivity contribution in [3.8, 4) is 43.9 Å². The van der Waals surface area contributed by atoms with Crippen LogP contribution in [-0.2, 0) is 11.2 Å². The summed E-state index contributed by atoms with van der Waals surface area (Å²) in [7, 11) is 0. The third-order valence-electron chi connectivity index (χ3n) is 4.74. The zero-order chi connectivity index (χ0) is 22.0. The predicted octanol–water partition coefficient (Wildman–Crippen LogP) is 4.41. The van der Waals surface area contributed by atoms with Crippen molar-refractivity contribution in [2.75, 3.05) is 6.61 Å². The molecule has 0 aliphatic carbocycles. The number of aromatic hydroxyl groups is 2. The zero-order valence-electron chi connectivity index (χ0n) is 16.9. The molecule has 0 saturated carbocycles. The average Bonchev–Trinajstić information content (AvgIpc) is 3.42. The number of nitrogens with one attached hydrogen (secondary N) is 1. The van der Waals surface area contributed by atoms with Crippen LogP contribution in [0.5, 0.6) is 11.5 Å². The molecule has 0 saturated heterocycles. The number of benzene rings is 2. The molecule has 4 rings (SSSR count). The van der Waals surface area contributed by atoms with Gasteiger partial charge in [0, 0.05) is 17.2 Å². The summed E-state index contributed by atoms with van der Waals surface area (Å²) in [6.07, 6.45) is 0.556. The van der Waals surface area contributed by atoms with Crippen molar-refractivity contribution >= 4 is 17.3 Å². The summed E-state index contributed by atoms with van der Waals surface area (Å²) < 4.78 is 5.17. The van der Waals surface area contributed by atoms with Crippen LogP contribution >= 0.6 is 11.3 Å². The number of nitrogens with zero attached hydrogens (tertiary/aromatic N) is 3. The Balaban J connectivity index is 1.90. The van der Waals surface area contributed by atoms with E-state index in [0.29, 0.717) is 38.8 Å². The number of H-pyrrole nitrogens is 1. The summed E-state index contributed by atoms with van der Waals surface area (Å²) in [5.74, 6) is -0.749. The minimum atomic E-state index is -0.582. The Morgan fingerprint density at radius 2 is 1.81 bits per heavy atom. The fourth-order valence-electron chi connectivity index (χ4n) is 3.21. The van der Waals surface area contributed by atoms with Crippen molar-refractivity contribution in [1.82, 2.24) is 20.4 Å². The lowest BCUT2D eigenvalue weighted by atomic mass is 10.0. The molecule has 0 spiro atoms. The number of aryl methyl sites for hydroxylation is 1. The standard InChI is InChI=1S/C22H20N4O4S/c1-3-12-10-14(16(28)11-15(12)27)18-17(19(24-23-18)22(29)30-4-2)21-26-25-20(31-21)13-8-6-5-7-9-13/h5-11,27-28H,3-4H2,1-2H3,(H,23,24). The van der Waals surface area contributed by atoms with E-state index in [1.165, 1.54) is 17.4 Å². The SMILES string of the molecule is CCOC(=O)c1[nH]nc(-c2cc(CC)c(O)cc2O)c1-c1nnc(-c2ccccc2)s1. The molecule has 0 unspecified atom stereocenters. The highest BCUT2D eigenvalue weighted by Crippen LogP contribution is 2.42. The minimum absolute atomic E-state index is 0.00580. The summed E-state index contributed by atoms with van der Waals surface area (Å²) in [6.45, 7) is 3.80. The van der Waals surface area contributed by atoms with Crippen molar-refractivity contribution in [1.29, 1.82) is 0 Å². The topological polar surface area (TPSA) is 121 Å². The maximum Gasteiger partial charge on any atom is 0.357 e. The minimum Gasteiger partial charge on any atom is -0.508 e. The second kappa shape index (κ2) is 8.57. The molecule has 2 aromatic carbocycles. The smallest absolute Gasteiger partial charge is 0.357 e. The second-order valence-corrected chi connectivity index (χ2v) is 7.65. The molecule has 0 fully saturated rings. The van der Waals surface area contributed by atoms with E-state index in [4.69, 9.17) is 4.74 Å². The van der Waals surface area contributed by atoms with Gasteiger partial charge in [0.2, 0.25) is 0 Å². The van der Waals surface area contributed by atoms with Gasteiger partial charge < -0.3 is 14.9 Å². The van der Waals surface area contributed by atoms with Gasteiger partial charge in [0.1, 0.15) is 22.2 Å². The van der Waals surface area contributed by atoms with Gasteiger partial charge in [-0.25, -0.2) is 4.79 Å². The Kier molecular flexibility index (Phi) is 5.68. The fourth-order valence-corrected chi connectivity index (χ4v) is 4.11. The lowest BCUT2D eigenvalue weighted by Gasteiger charge is -2.09. The maximum atomic E-state index is 12.6. The molecule has 4 aromatic rings. The Hall–Kier alpha value is -3.72. The Morgan fingerprint density at radius 3 is 2.52 bits per heavy atom. The number of phenolic OH excluding ortho intramolecular Hbond substituents is 2. The molecule has 0 bridgehead atoms. The first-order valence-electron chi connectivity index (χ1n) is 9.73. The van der Waals surface area contributed by atoms with Crippen LogP contribution in [0.4, 0.5) is 0 Å². The van der Waals surface area contributed by atoms with Crippen molar-refractivity contribution in [3.63, 3.8) is 0 Å². The van der Waals surface area contributed by atoms with Gasteiger partial charge in [-0.2, -0.15) is 5.10 Å². The molecular formula is C22H20N4O4S. The first-order chi connectivity index (χ1) is 15.0. The summed E-state index contributed by atoms with van der Waals surface area (Å²) in [5.41, 5.74) is 2.75. The lowest BCUT2D eigenvalue weighted by Crippen LogP contribution is -2.06.